The molecule has 2 aromatic carbocycles. The molecule has 4 amide bonds. The summed E-state index contributed by atoms with van der Waals surface area (Å²) in [7, 11) is 0. The molecule has 2 aromatic rings. The van der Waals surface area contributed by atoms with Gasteiger partial charge in [-0.3, -0.25) is 25.0 Å². The molecule has 1 aliphatic heterocycles. The number of anilines is 1. The maximum Gasteiger partial charge on any atom is 0.335 e. The number of imide groups is 2. The van der Waals surface area contributed by atoms with E-state index in [2.05, 4.69) is 15.9 Å². The highest BCUT2D eigenvalue weighted by Gasteiger charge is 2.37. The molecule has 3 rings (SSSR count). The summed E-state index contributed by atoms with van der Waals surface area (Å²) < 4.78 is 0.354. The van der Waals surface area contributed by atoms with Gasteiger partial charge in [-0.25, -0.2) is 9.69 Å². The fourth-order valence-electron chi connectivity index (χ4n) is 2.42. The number of hydrogen-bond donors (Lipinski definition) is 2. The van der Waals surface area contributed by atoms with Crippen molar-refractivity contribution in [1.29, 1.82) is 0 Å². The number of non-ortho nitro benzene ring substituents is 1. The van der Waals surface area contributed by atoms with E-state index in [1.54, 1.807) is 0 Å². The number of aromatic hydroxyl groups is 1. The molecule has 27 heavy (non-hydrogen) atoms. The quantitative estimate of drug-likeness (QED) is 0.332. The van der Waals surface area contributed by atoms with Crippen LogP contribution in [0.1, 0.15) is 5.56 Å². The Kier molecular flexibility index (Phi) is 4.74. The van der Waals surface area contributed by atoms with Crippen LogP contribution in [-0.2, 0) is 9.59 Å². The molecule has 9 nitrogen and oxygen atoms in total. The highest BCUT2D eigenvalue weighted by atomic mass is 79.9. The van der Waals surface area contributed by atoms with Crippen LogP contribution in [0.2, 0.25) is 0 Å². The second kappa shape index (κ2) is 7.00. The van der Waals surface area contributed by atoms with E-state index >= 15 is 0 Å². The Bertz CT molecular complexity index is 1030. The van der Waals surface area contributed by atoms with Crippen molar-refractivity contribution in [3.8, 4) is 5.75 Å². The number of barbiturate groups is 1. The molecule has 0 radical (unpaired) electrons. The van der Waals surface area contributed by atoms with E-state index in [1.165, 1.54) is 42.5 Å². The Labute approximate surface area is 160 Å². The Morgan fingerprint density at radius 3 is 2.56 bits per heavy atom. The summed E-state index contributed by atoms with van der Waals surface area (Å²) in [5, 5.41) is 22.5. The molecule has 1 heterocycles. The van der Waals surface area contributed by atoms with Crippen molar-refractivity contribution in [2.24, 2.45) is 0 Å². The largest absolute Gasteiger partial charge is 0.507 e. The zero-order valence-electron chi connectivity index (χ0n) is 13.4. The minimum Gasteiger partial charge on any atom is -0.507 e. The van der Waals surface area contributed by atoms with Gasteiger partial charge in [0.25, 0.3) is 17.5 Å². The number of amides is 4. The molecule has 0 aliphatic carbocycles. The third kappa shape index (κ3) is 3.55. The number of phenols is 1. The molecule has 2 N–H and O–H groups in total. The average Bonchev–Trinajstić information content (AvgIpc) is 2.61. The van der Waals surface area contributed by atoms with Crippen molar-refractivity contribution >= 4 is 51.2 Å². The smallest absolute Gasteiger partial charge is 0.335 e. The third-order valence-corrected chi connectivity index (χ3v) is 4.32. The van der Waals surface area contributed by atoms with Crippen LogP contribution in [0.4, 0.5) is 16.2 Å². The SMILES string of the molecule is O=C1NC(=O)N(c2cccc([N+](=O)[O-])c2)C(=O)C1=Cc1ccc(O)c(Br)c1. The average molecular weight is 432 g/mol. The van der Waals surface area contributed by atoms with Gasteiger partial charge in [-0.05, 0) is 45.8 Å². The van der Waals surface area contributed by atoms with Crippen molar-refractivity contribution in [3.05, 3.63) is 68.2 Å². The molecule has 1 fully saturated rings. The second-order valence-electron chi connectivity index (χ2n) is 5.45. The van der Waals surface area contributed by atoms with Crippen LogP contribution in [0.25, 0.3) is 6.08 Å². The fourth-order valence-corrected chi connectivity index (χ4v) is 2.81. The summed E-state index contributed by atoms with van der Waals surface area (Å²) in [4.78, 5) is 47.9. The van der Waals surface area contributed by atoms with E-state index in [1.807, 2.05) is 5.32 Å². The van der Waals surface area contributed by atoms with Gasteiger partial charge in [0.05, 0.1) is 15.1 Å². The van der Waals surface area contributed by atoms with Crippen LogP contribution in [-0.4, -0.2) is 27.9 Å². The number of urea groups is 1. The number of nitrogens with zero attached hydrogens (tertiary/aromatic N) is 2. The second-order valence-corrected chi connectivity index (χ2v) is 6.30. The normalized spacial score (nSPS) is 15.8. The van der Waals surface area contributed by atoms with Gasteiger partial charge in [-0.1, -0.05) is 12.1 Å². The van der Waals surface area contributed by atoms with Gasteiger partial charge in [-0.2, -0.15) is 0 Å². The number of phenolic OH excluding ortho intramolecular Hbond substituents is 1. The summed E-state index contributed by atoms with van der Waals surface area (Å²) in [5.74, 6) is -1.84. The molecule has 0 spiro atoms. The lowest BCUT2D eigenvalue weighted by molar-refractivity contribution is -0.384. The van der Waals surface area contributed by atoms with E-state index in [0.29, 0.717) is 14.9 Å². The molecule has 1 aliphatic rings. The molecule has 1 saturated heterocycles. The van der Waals surface area contributed by atoms with Crippen LogP contribution < -0.4 is 10.2 Å². The van der Waals surface area contributed by atoms with Crippen molar-refractivity contribution in [1.82, 2.24) is 5.32 Å². The molecule has 0 bridgehead atoms. The van der Waals surface area contributed by atoms with Gasteiger partial charge in [0.15, 0.2) is 0 Å². The van der Waals surface area contributed by atoms with Gasteiger partial charge < -0.3 is 5.11 Å². The van der Waals surface area contributed by atoms with Crippen molar-refractivity contribution < 1.29 is 24.4 Å². The van der Waals surface area contributed by atoms with Crippen molar-refractivity contribution in [3.63, 3.8) is 0 Å². The van der Waals surface area contributed by atoms with Crippen LogP contribution in [0.3, 0.4) is 0 Å². The Balaban J connectivity index is 2.03. The number of carbonyl (C=O) groups is 3. The lowest BCUT2D eigenvalue weighted by Crippen LogP contribution is -2.54. The van der Waals surface area contributed by atoms with Crippen LogP contribution >= 0.6 is 15.9 Å². The molecular weight excluding hydrogens is 422 g/mol. The first-order chi connectivity index (χ1) is 12.8. The first-order valence-electron chi connectivity index (χ1n) is 7.42. The third-order valence-electron chi connectivity index (χ3n) is 3.68. The number of halogens is 1. The predicted octanol–water partition coefficient (Wildman–Crippen LogP) is 2.73. The predicted molar refractivity (Wildman–Crippen MR) is 97.9 cm³/mol. The molecule has 10 heteroatoms. The van der Waals surface area contributed by atoms with Gasteiger partial charge in [-0.15, -0.1) is 0 Å². The highest BCUT2D eigenvalue weighted by Crippen LogP contribution is 2.28. The van der Waals surface area contributed by atoms with Gasteiger partial charge in [0.1, 0.15) is 11.3 Å². The van der Waals surface area contributed by atoms with Crippen LogP contribution in [0, 0.1) is 10.1 Å². The van der Waals surface area contributed by atoms with Crippen LogP contribution in [0.15, 0.2) is 52.5 Å². The van der Waals surface area contributed by atoms with Gasteiger partial charge >= 0.3 is 6.03 Å². The number of nitro benzene ring substituents is 1. The zero-order valence-corrected chi connectivity index (χ0v) is 15.0. The number of rotatable bonds is 3. The Hall–Kier alpha value is -3.53. The fraction of sp³-hybridized carbons (Fsp3) is 0. The number of carbonyl (C=O) groups excluding carboxylic acids is 3. The molecular formula is C17H10BrN3O6. The van der Waals surface area contributed by atoms with E-state index in [9.17, 15) is 29.6 Å². The number of nitro groups is 1. The van der Waals surface area contributed by atoms with E-state index in [-0.39, 0.29) is 22.7 Å². The minimum absolute atomic E-state index is 0.0232. The molecule has 136 valence electrons. The minimum atomic E-state index is -1.01. The summed E-state index contributed by atoms with van der Waals surface area (Å²) in [6, 6.07) is 8.26. The van der Waals surface area contributed by atoms with E-state index in [4.69, 9.17) is 0 Å². The van der Waals surface area contributed by atoms with Crippen molar-refractivity contribution in [2.75, 3.05) is 4.90 Å². The number of hydrogen-bond acceptors (Lipinski definition) is 6. The van der Waals surface area contributed by atoms with Gasteiger partial charge in [0, 0.05) is 12.1 Å². The Morgan fingerprint density at radius 2 is 1.89 bits per heavy atom. The first kappa shape index (κ1) is 18.3. The highest BCUT2D eigenvalue weighted by molar-refractivity contribution is 9.10. The topological polar surface area (TPSA) is 130 Å². The molecule has 0 saturated carbocycles. The summed E-state index contributed by atoms with van der Waals surface area (Å²) >= 11 is 3.13. The summed E-state index contributed by atoms with van der Waals surface area (Å²) in [6.45, 7) is 0. The molecule has 0 atom stereocenters. The van der Waals surface area contributed by atoms with E-state index in [0.717, 1.165) is 6.07 Å². The summed E-state index contributed by atoms with van der Waals surface area (Å²) in [6.07, 6.45) is 1.25. The standard InChI is InChI=1S/C17H10BrN3O6/c18-13-7-9(4-5-14(13)22)6-12-15(23)19-17(25)20(16(12)24)10-2-1-3-11(8-10)21(26)27/h1-8,22H,(H,19,23,25). The maximum atomic E-state index is 12.7. The Morgan fingerprint density at radius 1 is 1.15 bits per heavy atom. The number of benzene rings is 2. The molecule has 0 unspecified atom stereocenters. The van der Waals surface area contributed by atoms with Gasteiger partial charge in [0.2, 0.25) is 0 Å². The number of nitrogens with one attached hydrogen (secondary N) is 1. The summed E-state index contributed by atoms with van der Waals surface area (Å²) in [5.41, 5.74) is -0.264. The monoisotopic (exact) mass is 431 g/mol. The zero-order chi connectivity index (χ0) is 19.7. The lowest BCUT2D eigenvalue weighted by Gasteiger charge is -2.26. The molecule has 0 aromatic heterocycles. The van der Waals surface area contributed by atoms with E-state index < -0.39 is 22.8 Å². The lowest BCUT2D eigenvalue weighted by atomic mass is 10.1. The van der Waals surface area contributed by atoms with Crippen molar-refractivity contribution in [2.45, 2.75) is 0 Å². The maximum absolute atomic E-state index is 12.7. The first-order valence-corrected chi connectivity index (χ1v) is 8.21. The van der Waals surface area contributed by atoms with Crippen LogP contribution in [0.5, 0.6) is 5.75 Å².